The second-order valence-corrected chi connectivity index (χ2v) is 5.63. The van der Waals surface area contributed by atoms with Crippen LogP contribution in [0, 0.1) is 0 Å². The number of carbonyl (C=O) groups is 2. The molecule has 0 spiro atoms. The Morgan fingerprint density at radius 2 is 1.54 bits per heavy atom. The Hall–Kier alpha value is -2.72. The summed E-state index contributed by atoms with van der Waals surface area (Å²) in [4.78, 5) is 25.1. The fourth-order valence-corrected chi connectivity index (χ4v) is 2.61. The molecule has 3 rings (SSSR count). The van der Waals surface area contributed by atoms with Crippen molar-refractivity contribution in [2.45, 2.75) is 0 Å². The second-order valence-electron chi connectivity index (χ2n) is 5.63. The average Bonchev–Trinajstić information content (AvgIpc) is 2.67. The number of benzene rings is 2. The van der Waals surface area contributed by atoms with E-state index in [0.29, 0.717) is 11.1 Å². The highest BCUT2D eigenvalue weighted by molar-refractivity contribution is 6.07. The maximum atomic E-state index is 12.3. The molecule has 0 unspecified atom stereocenters. The van der Waals surface area contributed by atoms with Gasteiger partial charge in [0, 0.05) is 29.9 Å². The largest absolute Gasteiger partial charge is 0.378 e. The number of aldehydes is 1. The van der Waals surface area contributed by atoms with Crippen LogP contribution in [-0.2, 0) is 4.74 Å². The fourth-order valence-electron chi connectivity index (χ4n) is 2.61. The summed E-state index contributed by atoms with van der Waals surface area (Å²) in [5.41, 5.74) is 3.28. The molecule has 0 radical (unpaired) electrons. The summed E-state index contributed by atoms with van der Waals surface area (Å²) in [5, 5.41) is 0. The van der Waals surface area contributed by atoms with Crippen molar-refractivity contribution in [1.29, 1.82) is 0 Å². The Labute approximate surface area is 141 Å². The van der Waals surface area contributed by atoms with Crippen LogP contribution in [0.3, 0.4) is 0 Å². The van der Waals surface area contributed by atoms with Crippen LogP contribution in [0.15, 0.2) is 54.6 Å². The molecule has 2 aromatic carbocycles. The van der Waals surface area contributed by atoms with Crippen molar-refractivity contribution in [3.63, 3.8) is 0 Å². The van der Waals surface area contributed by atoms with Gasteiger partial charge < -0.3 is 9.64 Å². The SMILES string of the molecule is O=Cc1ccc(/C=C/C(=O)c2ccc(N3CCOCC3)cc2)cc1. The number of allylic oxidation sites excluding steroid dienone is 1. The zero-order chi connectivity index (χ0) is 16.8. The number of hydrogen-bond acceptors (Lipinski definition) is 4. The molecule has 1 saturated heterocycles. The molecule has 0 saturated carbocycles. The summed E-state index contributed by atoms with van der Waals surface area (Å²) in [5.74, 6) is -0.0389. The van der Waals surface area contributed by atoms with Gasteiger partial charge in [-0.25, -0.2) is 0 Å². The molecule has 24 heavy (non-hydrogen) atoms. The van der Waals surface area contributed by atoms with Crippen LogP contribution in [0.1, 0.15) is 26.3 Å². The predicted octanol–water partition coefficient (Wildman–Crippen LogP) is 3.23. The van der Waals surface area contributed by atoms with Gasteiger partial charge in [-0.2, -0.15) is 0 Å². The van der Waals surface area contributed by atoms with E-state index in [-0.39, 0.29) is 5.78 Å². The molecule has 1 aliphatic rings. The van der Waals surface area contributed by atoms with Gasteiger partial charge in [0.15, 0.2) is 5.78 Å². The zero-order valence-electron chi connectivity index (χ0n) is 13.4. The number of ketones is 1. The highest BCUT2D eigenvalue weighted by Gasteiger charge is 2.11. The van der Waals surface area contributed by atoms with Gasteiger partial charge >= 0.3 is 0 Å². The lowest BCUT2D eigenvalue weighted by atomic mass is 10.1. The molecular formula is C20H19NO3. The first-order valence-corrected chi connectivity index (χ1v) is 7.97. The van der Waals surface area contributed by atoms with E-state index in [1.54, 1.807) is 24.3 Å². The molecule has 0 aromatic heterocycles. The topological polar surface area (TPSA) is 46.6 Å². The third-order valence-corrected chi connectivity index (χ3v) is 4.03. The van der Waals surface area contributed by atoms with Crippen LogP contribution in [0.25, 0.3) is 6.08 Å². The highest BCUT2D eigenvalue weighted by Crippen LogP contribution is 2.17. The Morgan fingerprint density at radius 1 is 0.917 bits per heavy atom. The Morgan fingerprint density at radius 3 is 2.17 bits per heavy atom. The summed E-state index contributed by atoms with van der Waals surface area (Å²) >= 11 is 0. The van der Waals surface area contributed by atoms with Crippen molar-refractivity contribution in [3.8, 4) is 0 Å². The van der Waals surface area contributed by atoms with E-state index in [0.717, 1.165) is 43.8 Å². The van der Waals surface area contributed by atoms with Crippen molar-refractivity contribution in [3.05, 3.63) is 71.3 Å². The summed E-state index contributed by atoms with van der Waals surface area (Å²) in [7, 11) is 0. The molecular weight excluding hydrogens is 302 g/mol. The average molecular weight is 321 g/mol. The van der Waals surface area contributed by atoms with E-state index in [2.05, 4.69) is 4.90 Å². The van der Waals surface area contributed by atoms with Crippen LogP contribution in [-0.4, -0.2) is 38.4 Å². The van der Waals surface area contributed by atoms with Gasteiger partial charge in [-0.05, 0) is 35.9 Å². The second kappa shape index (κ2) is 7.70. The molecule has 122 valence electrons. The molecule has 0 N–H and O–H groups in total. The van der Waals surface area contributed by atoms with Crippen molar-refractivity contribution in [2.24, 2.45) is 0 Å². The van der Waals surface area contributed by atoms with E-state index in [4.69, 9.17) is 4.74 Å². The van der Waals surface area contributed by atoms with Crippen molar-refractivity contribution >= 4 is 23.8 Å². The zero-order valence-corrected chi connectivity index (χ0v) is 13.4. The standard InChI is InChI=1S/C20H19NO3/c22-15-17-3-1-16(2-4-17)5-10-20(23)18-6-8-19(9-7-18)21-11-13-24-14-12-21/h1-10,15H,11-14H2/b10-5+. The third kappa shape index (κ3) is 3.97. The normalized spacial score (nSPS) is 14.8. The lowest BCUT2D eigenvalue weighted by Crippen LogP contribution is -2.36. The predicted molar refractivity (Wildman–Crippen MR) is 94.7 cm³/mol. The number of carbonyl (C=O) groups excluding carboxylic acids is 2. The molecule has 4 heteroatoms. The van der Waals surface area contributed by atoms with E-state index in [1.165, 1.54) is 0 Å². The molecule has 1 heterocycles. The number of morpholine rings is 1. The summed E-state index contributed by atoms with van der Waals surface area (Å²) in [6.07, 6.45) is 4.11. The first-order chi connectivity index (χ1) is 11.8. The lowest BCUT2D eigenvalue weighted by Gasteiger charge is -2.28. The van der Waals surface area contributed by atoms with E-state index in [1.807, 2.05) is 36.4 Å². The minimum Gasteiger partial charge on any atom is -0.378 e. The Balaban J connectivity index is 1.65. The number of nitrogens with zero attached hydrogens (tertiary/aromatic N) is 1. The fraction of sp³-hybridized carbons (Fsp3) is 0.200. The monoisotopic (exact) mass is 321 g/mol. The minimum atomic E-state index is -0.0389. The number of rotatable bonds is 5. The van der Waals surface area contributed by atoms with Gasteiger partial charge in [0.1, 0.15) is 6.29 Å². The first kappa shape index (κ1) is 16.1. The van der Waals surface area contributed by atoms with Crippen LogP contribution in [0.4, 0.5) is 5.69 Å². The van der Waals surface area contributed by atoms with E-state index < -0.39 is 0 Å². The quantitative estimate of drug-likeness (QED) is 0.482. The van der Waals surface area contributed by atoms with Crippen LogP contribution in [0.2, 0.25) is 0 Å². The first-order valence-electron chi connectivity index (χ1n) is 7.97. The van der Waals surface area contributed by atoms with E-state index >= 15 is 0 Å². The third-order valence-electron chi connectivity index (χ3n) is 4.03. The Bertz CT molecular complexity index is 726. The van der Waals surface area contributed by atoms with E-state index in [9.17, 15) is 9.59 Å². The summed E-state index contributed by atoms with van der Waals surface area (Å²) < 4.78 is 5.35. The Kier molecular flexibility index (Phi) is 5.18. The van der Waals surface area contributed by atoms with Crippen LogP contribution >= 0.6 is 0 Å². The maximum absolute atomic E-state index is 12.3. The van der Waals surface area contributed by atoms with Crippen LogP contribution in [0.5, 0.6) is 0 Å². The molecule has 1 fully saturated rings. The molecule has 2 aromatic rings. The molecule has 0 amide bonds. The number of anilines is 1. The van der Waals surface area contributed by atoms with Crippen molar-refractivity contribution < 1.29 is 14.3 Å². The molecule has 0 bridgehead atoms. The molecule has 4 nitrogen and oxygen atoms in total. The highest BCUT2D eigenvalue weighted by atomic mass is 16.5. The molecule has 0 aliphatic carbocycles. The molecule has 0 atom stereocenters. The summed E-state index contributed by atoms with van der Waals surface area (Å²) in [6.45, 7) is 3.24. The maximum Gasteiger partial charge on any atom is 0.185 e. The van der Waals surface area contributed by atoms with Crippen LogP contribution < -0.4 is 4.90 Å². The minimum absolute atomic E-state index is 0.0389. The van der Waals surface area contributed by atoms with Gasteiger partial charge in [0.05, 0.1) is 13.2 Å². The van der Waals surface area contributed by atoms with Crippen molar-refractivity contribution in [1.82, 2.24) is 0 Å². The number of ether oxygens (including phenoxy) is 1. The summed E-state index contributed by atoms with van der Waals surface area (Å²) in [6, 6.07) is 14.8. The van der Waals surface area contributed by atoms with Gasteiger partial charge in [-0.1, -0.05) is 30.3 Å². The lowest BCUT2D eigenvalue weighted by molar-refractivity contribution is 0.104. The van der Waals surface area contributed by atoms with Gasteiger partial charge in [-0.3, -0.25) is 9.59 Å². The van der Waals surface area contributed by atoms with Crippen molar-refractivity contribution in [2.75, 3.05) is 31.2 Å². The van der Waals surface area contributed by atoms with Gasteiger partial charge in [0.2, 0.25) is 0 Å². The van der Waals surface area contributed by atoms with Gasteiger partial charge in [0.25, 0.3) is 0 Å². The smallest absolute Gasteiger partial charge is 0.185 e. The van der Waals surface area contributed by atoms with Gasteiger partial charge in [-0.15, -0.1) is 0 Å². The molecule has 1 aliphatic heterocycles. The number of hydrogen-bond donors (Lipinski definition) is 0.